The number of carbonyl (C=O) groups is 2. The zero-order valence-corrected chi connectivity index (χ0v) is 9.37. The van der Waals surface area contributed by atoms with Gasteiger partial charge < -0.3 is 10.1 Å². The minimum Gasteiger partial charge on any atom is -0.444 e. The third kappa shape index (κ3) is 4.63. The Bertz CT molecular complexity index is 289. The summed E-state index contributed by atoms with van der Waals surface area (Å²) in [4.78, 5) is 22.4. The molecule has 0 aromatic heterocycles. The lowest BCUT2D eigenvalue weighted by Crippen LogP contribution is -2.40. The van der Waals surface area contributed by atoms with Gasteiger partial charge in [-0.1, -0.05) is 6.08 Å². The molecule has 1 amide bonds. The van der Waals surface area contributed by atoms with Gasteiger partial charge >= 0.3 is 6.09 Å². The van der Waals surface area contributed by atoms with Crippen LogP contribution in [0.4, 0.5) is 4.79 Å². The Kier molecular flexibility index (Phi) is 3.50. The van der Waals surface area contributed by atoms with E-state index in [1.807, 2.05) is 0 Å². The van der Waals surface area contributed by atoms with Gasteiger partial charge in [-0.05, 0) is 33.3 Å². The third-order valence-corrected chi connectivity index (χ3v) is 1.89. The summed E-state index contributed by atoms with van der Waals surface area (Å²) in [7, 11) is 0. The van der Waals surface area contributed by atoms with Crippen molar-refractivity contribution in [2.24, 2.45) is 0 Å². The second kappa shape index (κ2) is 4.47. The van der Waals surface area contributed by atoms with Crippen LogP contribution in [0.2, 0.25) is 0 Å². The highest BCUT2D eigenvalue weighted by Gasteiger charge is 2.21. The quantitative estimate of drug-likeness (QED) is 0.719. The van der Waals surface area contributed by atoms with Crippen molar-refractivity contribution in [3.63, 3.8) is 0 Å². The van der Waals surface area contributed by atoms with Gasteiger partial charge in [0.2, 0.25) is 0 Å². The fourth-order valence-electron chi connectivity index (χ4n) is 1.34. The molecular formula is C11H17NO3. The van der Waals surface area contributed by atoms with Crippen LogP contribution in [0.5, 0.6) is 0 Å². The average Bonchev–Trinajstić information content (AvgIpc) is 1.99. The number of allylic oxidation sites excluding steroid dienone is 1. The minimum atomic E-state index is -0.501. The molecule has 0 saturated carbocycles. The molecule has 1 N–H and O–H groups in total. The zero-order valence-electron chi connectivity index (χ0n) is 9.37. The number of amides is 1. The Morgan fingerprint density at radius 2 is 2.20 bits per heavy atom. The number of rotatable bonds is 1. The molecule has 0 heterocycles. The smallest absolute Gasteiger partial charge is 0.407 e. The number of nitrogens with one attached hydrogen (secondary N) is 1. The Hall–Kier alpha value is -1.32. The Morgan fingerprint density at radius 3 is 2.73 bits per heavy atom. The molecule has 0 spiro atoms. The summed E-state index contributed by atoms with van der Waals surface area (Å²) < 4.78 is 5.09. The van der Waals surface area contributed by atoms with Crippen molar-refractivity contribution in [1.29, 1.82) is 0 Å². The first kappa shape index (κ1) is 11.8. The van der Waals surface area contributed by atoms with Gasteiger partial charge in [-0.15, -0.1) is 0 Å². The molecule has 4 heteroatoms. The van der Waals surface area contributed by atoms with Crippen LogP contribution in [0.1, 0.15) is 33.6 Å². The second-order valence-electron chi connectivity index (χ2n) is 4.65. The maximum atomic E-state index is 11.4. The lowest BCUT2D eigenvalue weighted by atomic mass is 10.0. The largest absolute Gasteiger partial charge is 0.444 e. The molecule has 15 heavy (non-hydrogen) atoms. The fourth-order valence-corrected chi connectivity index (χ4v) is 1.34. The van der Waals surface area contributed by atoms with Crippen molar-refractivity contribution in [3.05, 3.63) is 12.2 Å². The molecule has 4 nitrogen and oxygen atoms in total. The predicted molar refractivity (Wildman–Crippen MR) is 56.5 cm³/mol. The van der Waals surface area contributed by atoms with E-state index in [1.165, 1.54) is 0 Å². The molecule has 0 bridgehead atoms. The fraction of sp³-hybridized carbons (Fsp3) is 0.636. The molecular weight excluding hydrogens is 194 g/mol. The van der Waals surface area contributed by atoms with E-state index in [0.717, 1.165) is 0 Å². The van der Waals surface area contributed by atoms with E-state index in [0.29, 0.717) is 12.8 Å². The molecule has 1 atom stereocenters. The van der Waals surface area contributed by atoms with Gasteiger partial charge in [0.05, 0.1) is 0 Å². The zero-order chi connectivity index (χ0) is 11.5. The highest BCUT2D eigenvalue weighted by molar-refractivity contribution is 5.91. The molecule has 0 fully saturated rings. The normalized spacial score (nSPS) is 21.3. The van der Waals surface area contributed by atoms with Gasteiger partial charge in [0.1, 0.15) is 5.60 Å². The summed E-state index contributed by atoms with van der Waals surface area (Å²) in [6, 6.07) is -0.127. The standard InChI is InChI=1S/C11H17NO3/c1-11(2,3)15-10(14)12-8-5-4-6-9(13)7-8/h4,6,8H,5,7H2,1-3H3,(H,12,14). The topological polar surface area (TPSA) is 55.4 Å². The molecule has 0 aliphatic heterocycles. The van der Waals surface area contributed by atoms with Crippen molar-refractivity contribution < 1.29 is 14.3 Å². The average molecular weight is 211 g/mol. The van der Waals surface area contributed by atoms with Gasteiger partial charge in [-0.25, -0.2) is 4.79 Å². The van der Waals surface area contributed by atoms with E-state index in [1.54, 1.807) is 32.9 Å². The van der Waals surface area contributed by atoms with E-state index < -0.39 is 11.7 Å². The predicted octanol–water partition coefficient (Wildman–Crippen LogP) is 1.80. The monoisotopic (exact) mass is 211 g/mol. The first-order chi connectivity index (χ1) is 6.87. The first-order valence-corrected chi connectivity index (χ1v) is 5.06. The van der Waals surface area contributed by atoms with Gasteiger partial charge in [0.25, 0.3) is 0 Å². The molecule has 1 rings (SSSR count). The summed E-state index contributed by atoms with van der Waals surface area (Å²) >= 11 is 0. The van der Waals surface area contributed by atoms with Gasteiger partial charge in [-0.2, -0.15) is 0 Å². The molecule has 0 aromatic rings. The number of hydrogen-bond acceptors (Lipinski definition) is 3. The summed E-state index contributed by atoms with van der Waals surface area (Å²) in [5.41, 5.74) is -0.501. The molecule has 1 unspecified atom stereocenters. The lowest BCUT2D eigenvalue weighted by molar-refractivity contribution is -0.115. The Labute approximate surface area is 89.7 Å². The van der Waals surface area contributed by atoms with Crippen molar-refractivity contribution in [1.82, 2.24) is 5.32 Å². The van der Waals surface area contributed by atoms with Crippen LogP contribution in [0.25, 0.3) is 0 Å². The van der Waals surface area contributed by atoms with Gasteiger partial charge in [0, 0.05) is 12.5 Å². The van der Waals surface area contributed by atoms with Crippen molar-refractivity contribution in [2.75, 3.05) is 0 Å². The van der Waals surface area contributed by atoms with Crippen LogP contribution < -0.4 is 5.32 Å². The number of ketones is 1. The summed E-state index contributed by atoms with van der Waals surface area (Å²) in [5, 5.41) is 2.67. The van der Waals surface area contributed by atoms with Crippen LogP contribution in [-0.4, -0.2) is 23.5 Å². The summed E-state index contributed by atoms with van der Waals surface area (Å²) in [5.74, 6) is 0.0438. The number of alkyl carbamates (subject to hydrolysis) is 1. The van der Waals surface area contributed by atoms with E-state index in [4.69, 9.17) is 4.74 Å². The number of ether oxygens (including phenoxy) is 1. The molecule has 1 aliphatic carbocycles. The molecule has 1 aliphatic rings. The summed E-state index contributed by atoms with van der Waals surface area (Å²) in [6.45, 7) is 5.41. The van der Waals surface area contributed by atoms with Gasteiger partial charge in [0.15, 0.2) is 5.78 Å². The Morgan fingerprint density at radius 1 is 1.53 bits per heavy atom. The van der Waals surface area contributed by atoms with E-state index in [2.05, 4.69) is 5.32 Å². The Balaban J connectivity index is 2.39. The van der Waals surface area contributed by atoms with Crippen LogP contribution in [-0.2, 0) is 9.53 Å². The van der Waals surface area contributed by atoms with Crippen LogP contribution in [0.3, 0.4) is 0 Å². The molecule has 0 saturated heterocycles. The van der Waals surface area contributed by atoms with Crippen LogP contribution >= 0.6 is 0 Å². The highest BCUT2D eigenvalue weighted by Crippen LogP contribution is 2.10. The second-order valence-corrected chi connectivity index (χ2v) is 4.65. The molecule has 0 aromatic carbocycles. The van der Waals surface area contributed by atoms with Crippen LogP contribution in [0.15, 0.2) is 12.2 Å². The summed E-state index contributed by atoms with van der Waals surface area (Å²) in [6.07, 6.45) is 3.90. The maximum absolute atomic E-state index is 11.4. The molecule has 84 valence electrons. The van der Waals surface area contributed by atoms with Crippen molar-refractivity contribution in [3.8, 4) is 0 Å². The van der Waals surface area contributed by atoms with Crippen molar-refractivity contribution >= 4 is 11.9 Å². The maximum Gasteiger partial charge on any atom is 0.407 e. The van der Waals surface area contributed by atoms with E-state index in [9.17, 15) is 9.59 Å². The number of hydrogen-bond donors (Lipinski definition) is 1. The van der Waals surface area contributed by atoms with Crippen molar-refractivity contribution in [2.45, 2.75) is 45.3 Å². The molecule has 0 radical (unpaired) electrons. The SMILES string of the molecule is CC(C)(C)OC(=O)NC1CC=CC(=O)C1. The van der Waals surface area contributed by atoms with Gasteiger partial charge in [-0.3, -0.25) is 4.79 Å². The van der Waals surface area contributed by atoms with Crippen LogP contribution in [0, 0.1) is 0 Å². The first-order valence-electron chi connectivity index (χ1n) is 5.06. The third-order valence-electron chi connectivity index (χ3n) is 1.89. The van der Waals surface area contributed by atoms with E-state index >= 15 is 0 Å². The minimum absolute atomic E-state index is 0.0438. The lowest BCUT2D eigenvalue weighted by Gasteiger charge is -2.23. The number of carbonyl (C=O) groups excluding carboxylic acids is 2. The highest BCUT2D eigenvalue weighted by atomic mass is 16.6. The van der Waals surface area contributed by atoms with E-state index in [-0.39, 0.29) is 11.8 Å².